The van der Waals surface area contributed by atoms with Crippen LogP contribution in [0.3, 0.4) is 0 Å². The molecule has 198 valence electrons. The number of thiazole rings is 1. The number of para-hydroxylation sites is 1. The Hall–Kier alpha value is -3.22. The molecule has 0 unspecified atom stereocenters. The van der Waals surface area contributed by atoms with E-state index in [2.05, 4.69) is 52.1 Å². The SMILES string of the molecule is CCc1cccc(CC)c1-n1c(C)c(C(=O)NCC(C)(C)C)cc(-c2nc(-c3ccc(Cl)cc3)cs2)c1=O. The predicted octanol–water partition coefficient (Wildman–Crippen LogP) is 7.49. The Morgan fingerprint density at radius 1 is 1.05 bits per heavy atom. The second kappa shape index (κ2) is 11.3. The number of aryl methyl sites for hydroxylation is 2. The molecule has 0 bridgehead atoms. The second-order valence-electron chi connectivity index (χ2n) is 10.6. The molecule has 4 aromatic rings. The molecule has 0 aliphatic carbocycles. The first kappa shape index (κ1) is 27.8. The molecule has 0 saturated heterocycles. The lowest BCUT2D eigenvalue weighted by Crippen LogP contribution is -2.35. The third-order valence-electron chi connectivity index (χ3n) is 6.53. The quantitative estimate of drug-likeness (QED) is 0.261. The second-order valence-corrected chi connectivity index (χ2v) is 11.9. The molecule has 2 aromatic heterocycles. The Morgan fingerprint density at radius 2 is 1.68 bits per heavy atom. The van der Waals surface area contributed by atoms with Crippen LogP contribution >= 0.6 is 22.9 Å². The van der Waals surface area contributed by atoms with E-state index in [4.69, 9.17) is 16.6 Å². The number of nitrogens with zero attached hydrogens (tertiary/aromatic N) is 2. The van der Waals surface area contributed by atoms with Crippen molar-refractivity contribution in [3.8, 4) is 27.5 Å². The van der Waals surface area contributed by atoms with Crippen molar-refractivity contribution in [3.63, 3.8) is 0 Å². The molecule has 38 heavy (non-hydrogen) atoms. The molecular formula is C31H34ClN3O2S. The molecule has 5 nitrogen and oxygen atoms in total. The molecule has 1 N–H and O–H groups in total. The molecule has 7 heteroatoms. The summed E-state index contributed by atoms with van der Waals surface area (Å²) in [6.45, 7) is 12.8. The summed E-state index contributed by atoms with van der Waals surface area (Å²) in [5, 5.41) is 6.22. The van der Waals surface area contributed by atoms with Gasteiger partial charge >= 0.3 is 0 Å². The van der Waals surface area contributed by atoms with Gasteiger partial charge in [-0.3, -0.25) is 14.2 Å². The minimum absolute atomic E-state index is 0.0756. The standard InChI is InChI=1S/C31H34ClN3O2S/c1-7-20-10-9-11-21(8-2)27(20)35-19(3)24(28(36)33-18-31(4,5)6)16-25(30(35)37)29-34-26(17-38-29)22-12-14-23(32)15-13-22/h9-17H,7-8,18H2,1-6H3,(H,33,36). The monoisotopic (exact) mass is 547 g/mol. The zero-order valence-corrected chi connectivity index (χ0v) is 24.4. The molecule has 1 amide bonds. The topological polar surface area (TPSA) is 64.0 Å². The number of benzene rings is 2. The van der Waals surface area contributed by atoms with Crippen molar-refractivity contribution < 1.29 is 4.79 Å². The van der Waals surface area contributed by atoms with Crippen molar-refractivity contribution in [2.24, 2.45) is 5.41 Å². The molecule has 0 fully saturated rings. The highest BCUT2D eigenvalue weighted by molar-refractivity contribution is 7.13. The number of rotatable bonds is 7. The van der Waals surface area contributed by atoms with Gasteiger partial charge in [0.15, 0.2) is 0 Å². The van der Waals surface area contributed by atoms with Crippen molar-refractivity contribution >= 4 is 28.8 Å². The number of amides is 1. The zero-order chi connectivity index (χ0) is 27.6. The smallest absolute Gasteiger partial charge is 0.265 e. The number of hydrogen-bond acceptors (Lipinski definition) is 4. The lowest BCUT2D eigenvalue weighted by molar-refractivity contribution is 0.0938. The van der Waals surface area contributed by atoms with E-state index in [0.717, 1.165) is 40.9 Å². The summed E-state index contributed by atoms with van der Waals surface area (Å²) in [5.41, 5.74) is 5.91. The fourth-order valence-corrected chi connectivity index (χ4v) is 5.41. The number of halogens is 1. The van der Waals surface area contributed by atoms with Gasteiger partial charge in [-0.2, -0.15) is 0 Å². The highest BCUT2D eigenvalue weighted by Gasteiger charge is 2.24. The summed E-state index contributed by atoms with van der Waals surface area (Å²) >= 11 is 7.46. The third-order valence-corrected chi connectivity index (χ3v) is 7.66. The van der Waals surface area contributed by atoms with E-state index < -0.39 is 0 Å². The molecule has 2 aromatic carbocycles. The largest absolute Gasteiger partial charge is 0.351 e. The first-order valence-corrected chi connectivity index (χ1v) is 14.2. The van der Waals surface area contributed by atoms with Gasteiger partial charge in [0.05, 0.1) is 22.5 Å². The zero-order valence-electron chi connectivity index (χ0n) is 22.8. The molecule has 0 radical (unpaired) electrons. The Labute approximate surface area is 233 Å². The maximum absolute atomic E-state index is 14.2. The first-order valence-electron chi connectivity index (χ1n) is 12.9. The summed E-state index contributed by atoms with van der Waals surface area (Å²) in [7, 11) is 0. The van der Waals surface area contributed by atoms with E-state index in [1.807, 2.05) is 42.6 Å². The average Bonchev–Trinajstić information content (AvgIpc) is 3.37. The van der Waals surface area contributed by atoms with Crippen LogP contribution in [0.4, 0.5) is 0 Å². The molecule has 4 rings (SSSR count). The predicted molar refractivity (Wildman–Crippen MR) is 159 cm³/mol. The van der Waals surface area contributed by atoms with Gasteiger partial charge in [-0.15, -0.1) is 11.3 Å². The maximum atomic E-state index is 14.2. The van der Waals surface area contributed by atoms with Crippen LogP contribution in [0.15, 0.2) is 58.7 Å². The van der Waals surface area contributed by atoms with Crippen molar-refractivity contribution in [3.05, 3.63) is 91.7 Å². The summed E-state index contributed by atoms with van der Waals surface area (Å²) < 4.78 is 1.72. The van der Waals surface area contributed by atoms with E-state index in [9.17, 15) is 9.59 Å². The van der Waals surface area contributed by atoms with E-state index in [-0.39, 0.29) is 16.9 Å². The van der Waals surface area contributed by atoms with Crippen LogP contribution < -0.4 is 10.9 Å². The fourth-order valence-electron chi connectivity index (χ4n) is 4.45. The minimum Gasteiger partial charge on any atom is -0.351 e. The highest BCUT2D eigenvalue weighted by atomic mass is 35.5. The number of nitrogens with one attached hydrogen (secondary N) is 1. The first-order chi connectivity index (χ1) is 18.0. The third kappa shape index (κ3) is 5.77. The summed E-state index contributed by atoms with van der Waals surface area (Å²) in [6.07, 6.45) is 1.53. The Balaban J connectivity index is 1.95. The van der Waals surface area contributed by atoms with Crippen LogP contribution in [0.2, 0.25) is 5.02 Å². The van der Waals surface area contributed by atoms with Crippen molar-refractivity contribution in [1.82, 2.24) is 14.9 Å². The van der Waals surface area contributed by atoms with Gasteiger partial charge in [-0.25, -0.2) is 4.98 Å². The van der Waals surface area contributed by atoms with Crippen LogP contribution in [0, 0.1) is 12.3 Å². The van der Waals surface area contributed by atoms with Crippen molar-refractivity contribution in [2.75, 3.05) is 6.54 Å². The number of pyridine rings is 1. The van der Waals surface area contributed by atoms with E-state index >= 15 is 0 Å². The normalized spacial score (nSPS) is 11.6. The minimum atomic E-state index is -0.200. The Bertz CT molecular complexity index is 1510. The van der Waals surface area contributed by atoms with Crippen LogP contribution in [0.25, 0.3) is 27.5 Å². The lowest BCUT2D eigenvalue weighted by atomic mass is 9.96. The number of carbonyl (C=O) groups excluding carboxylic acids is 1. The maximum Gasteiger partial charge on any atom is 0.265 e. The lowest BCUT2D eigenvalue weighted by Gasteiger charge is -2.22. The van der Waals surface area contributed by atoms with Gasteiger partial charge in [-0.05, 0) is 54.5 Å². The van der Waals surface area contributed by atoms with Crippen LogP contribution in [-0.4, -0.2) is 22.0 Å². The fraction of sp³-hybridized carbons (Fsp3) is 0.323. The van der Waals surface area contributed by atoms with Gasteiger partial charge < -0.3 is 5.32 Å². The van der Waals surface area contributed by atoms with Crippen LogP contribution in [0.1, 0.15) is 61.8 Å². The number of carbonyl (C=O) groups is 1. The Kier molecular flexibility index (Phi) is 8.24. The van der Waals surface area contributed by atoms with Gasteiger partial charge in [0, 0.05) is 28.2 Å². The Morgan fingerprint density at radius 3 is 2.26 bits per heavy atom. The highest BCUT2D eigenvalue weighted by Crippen LogP contribution is 2.31. The van der Waals surface area contributed by atoms with Gasteiger partial charge in [0.2, 0.25) is 0 Å². The van der Waals surface area contributed by atoms with Gasteiger partial charge in [0.1, 0.15) is 5.01 Å². The van der Waals surface area contributed by atoms with E-state index in [1.165, 1.54) is 11.3 Å². The van der Waals surface area contributed by atoms with Gasteiger partial charge in [-0.1, -0.05) is 76.6 Å². The molecule has 2 heterocycles. The number of hydrogen-bond donors (Lipinski definition) is 1. The molecule has 0 spiro atoms. The molecule has 0 saturated carbocycles. The van der Waals surface area contributed by atoms with E-state index in [0.29, 0.717) is 33.4 Å². The number of aromatic nitrogens is 2. The van der Waals surface area contributed by atoms with Crippen LogP contribution in [0.5, 0.6) is 0 Å². The average molecular weight is 548 g/mol. The molecule has 0 atom stereocenters. The molecule has 0 aliphatic rings. The van der Waals surface area contributed by atoms with Crippen LogP contribution in [-0.2, 0) is 12.8 Å². The van der Waals surface area contributed by atoms with Crippen molar-refractivity contribution in [1.29, 1.82) is 0 Å². The van der Waals surface area contributed by atoms with Crippen molar-refractivity contribution in [2.45, 2.75) is 54.4 Å². The van der Waals surface area contributed by atoms with Gasteiger partial charge in [0.25, 0.3) is 11.5 Å². The summed E-state index contributed by atoms with van der Waals surface area (Å²) in [6, 6.07) is 15.3. The summed E-state index contributed by atoms with van der Waals surface area (Å²) in [4.78, 5) is 32.5. The molecule has 0 aliphatic heterocycles. The summed E-state index contributed by atoms with van der Waals surface area (Å²) in [5.74, 6) is -0.200. The molecular weight excluding hydrogens is 514 g/mol. The van der Waals surface area contributed by atoms with E-state index in [1.54, 1.807) is 10.6 Å².